The lowest BCUT2D eigenvalue weighted by atomic mass is 10.1. The van der Waals surface area contributed by atoms with Crippen molar-refractivity contribution in [1.82, 2.24) is 0 Å². The van der Waals surface area contributed by atoms with Crippen molar-refractivity contribution in [2.45, 2.75) is 25.7 Å². The van der Waals surface area contributed by atoms with E-state index in [0.29, 0.717) is 18.0 Å². The summed E-state index contributed by atoms with van der Waals surface area (Å²) in [7, 11) is -3.25. The van der Waals surface area contributed by atoms with Gasteiger partial charge in [-0.2, -0.15) is 0 Å². The van der Waals surface area contributed by atoms with Gasteiger partial charge in [0.25, 0.3) is 0 Å². The molecule has 0 amide bonds. The van der Waals surface area contributed by atoms with Crippen LogP contribution in [-0.2, 0) is 22.9 Å². The fourth-order valence-electron chi connectivity index (χ4n) is 2.11. The van der Waals surface area contributed by atoms with Crippen molar-refractivity contribution in [3.8, 4) is 0 Å². The molecule has 94 valence electrons. The minimum Gasteiger partial charge on any atom is -0.284 e. The Morgan fingerprint density at radius 1 is 1.24 bits per heavy atom. The van der Waals surface area contributed by atoms with Gasteiger partial charge in [0.05, 0.1) is 5.75 Å². The molecular formula is C12H16ClNO2S. The first-order valence-electron chi connectivity index (χ1n) is 5.79. The molecule has 17 heavy (non-hydrogen) atoms. The summed E-state index contributed by atoms with van der Waals surface area (Å²) in [4.78, 5) is 0. The number of fused-ring (bicyclic) bond motifs is 1. The molecule has 1 N–H and O–H groups in total. The van der Waals surface area contributed by atoms with E-state index in [2.05, 4.69) is 4.72 Å². The third kappa shape index (κ3) is 3.36. The molecule has 0 aliphatic heterocycles. The quantitative estimate of drug-likeness (QED) is 0.838. The third-order valence-electron chi connectivity index (χ3n) is 2.92. The van der Waals surface area contributed by atoms with Crippen molar-refractivity contribution in [2.75, 3.05) is 16.4 Å². The summed E-state index contributed by atoms with van der Waals surface area (Å²) in [6.45, 7) is 0. The second-order valence-corrected chi connectivity index (χ2v) is 6.52. The van der Waals surface area contributed by atoms with Crippen LogP contribution in [0.2, 0.25) is 0 Å². The van der Waals surface area contributed by atoms with E-state index >= 15 is 0 Å². The van der Waals surface area contributed by atoms with Crippen LogP contribution in [0.4, 0.5) is 5.69 Å². The van der Waals surface area contributed by atoms with Crippen LogP contribution in [0.3, 0.4) is 0 Å². The number of nitrogens with one attached hydrogen (secondary N) is 1. The topological polar surface area (TPSA) is 46.2 Å². The average molecular weight is 274 g/mol. The summed E-state index contributed by atoms with van der Waals surface area (Å²) in [6.07, 6.45) is 3.79. The maximum Gasteiger partial charge on any atom is 0.232 e. The molecule has 1 aromatic rings. The van der Waals surface area contributed by atoms with Gasteiger partial charge >= 0.3 is 0 Å². The number of hydrogen-bond acceptors (Lipinski definition) is 2. The molecule has 0 atom stereocenters. The van der Waals surface area contributed by atoms with Crippen LogP contribution < -0.4 is 4.72 Å². The Labute approximate surface area is 107 Å². The second-order valence-electron chi connectivity index (χ2n) is 4.30. The van der Waals surface area contributed by atoms with Crippen LogP contribution in [0.1, 0.15) is 24.0 Å². The standard InChI is InChI=1S/C12H16ClNO2S/c13-7-2-8-17(15,16)14-12-6-5-10-3-1-4-11(10)9-12/h5-6,9,14H,1-4,7-8H2. The Hall–Kier alpha value is -0.740. The van der Waals surface area contributed by atoms with Gasteiger partial charge in [0.15, 0.2) is 0 Å². The fourth-order valence-corrected chi connectivity index (χ4v) is 3.52. The molecule has 0 unspecified atom stereocenters. The predicted molar refractivity (Wildman–Crippen MR) is 71.2 cm³/mol. The number of aryl methyl sites for hydroxylation is 2. The van der Waals surface area contributed by atoms with Crippen molar-refractivity contribution in [3.05, 3.63) is 29.3 Å². The molecule has 0 saturated carbocycles. The number of benzene rings is 1. The maximum atomic E-state index is 11.7. The Balaban J connectivity index is 2.09. The van der Waals surface area contributed by atoms with Gasteiger partial charge in [-0.3, -0.25) is 4.72 Å². The van der Waals surface area contributed by atoms with Gasteiger partial charge in [-0.05, 0) is 48.9 Å². The van der Waals surface area contributed by atoms with Crippen molar-refractivity contribution >= 4 is 27.3 Å². The first-order chi connectivity index (χ1) is 8.11. The molecule has 0 saturated heterocycles. The van der Waals surface area contributed by atoms with Crippen LogP contribution in [0.15, 0.2) is 18.2 Å². The Morgan fingerprint density at radius 3 is 2.76 bits per heavy atom. The number of anilines is 1. The summed E-state index contributed by atoms with van der Waals surface area (Å²) in [5, 5.41) is 0. The minimum absolute atomic E-state index is 0.0770. The summed E-state index contributed by atoms with van der Waals surface area (Å²) in [5.41, 5.74) is 3.27. The van der Waals surface area contributed by atoms with Gasteiger partial charge in [-0.1, -0.05) is 6.07 Å². The van der Waals surface area contributed by atoms with Crippen molar-refractivity contribution < 1.29 is 8.42 Å². The molecule has 0 fully saturated rings. The number of alkyl halides is 1. The highest BCUT2D eigenvalue weighted by Crippen LogP contribution is 2.25. The summed E-state index contributed by atoms with van der Waals surface area (Å²) >= 11 is 5.50. The van der Waals surface area contributed by atoms with Crippen LogP contribution >= 0.6 is 11.6 Å². The first-order valence-corrected chi connectivity index (χ1v) is 7.98. The van der Waals surface area contributed by atoms with E-state index in [9.17, 15) is 8.42 Å². The number of halogens is 1. The van der Waals surface area contributed by atoms with Gasteiger partial charge in [-0.25, -0.2) is 8.42 Å². The van der Waals surface area contributed by atoms with Crippen LogP contribution in [0, 0.1) is 0 Å². The van der Waals surface area contributed by atoms with Crippen LogP contribution in [0.5, 0.6) is 0 Å². The van der Waals surface area contributed by atoms with Gasteiger partial charge in [0.1, 0.15) is 0 Å². The number of hydrogen-bond donors (Lipinski definition) is 1. The van der Waals surface area contributed by atoms with Crippen molar-refractivity contribution in [3.63, 3.8) is 0 Å². The maximum absolute atomic E-state index is 11.7. The van der Waals surface area contributed by atoms with E-state index in [1.807, 2.05) is 18.2 Å². The zero-order valence-electron chi connectivity index (χ0n) is 9.58. The van der Waals surface area contributed by atoms with E-state index in [4.69, 9.17) is 11.6 Å². The zero-order chi connectivity index (χ0) is 12.3. The SMILES string of the molecule is O=S(=O)(CCCCl)Nc1ccc2c(c1)CCC2. The lowest BCUT2D eigenvalue weighted by Crippen LogP contribution is -2.17. The summed E-state index contributed by atoms with van der Waals surface area (Å²) < 4.78 is 26.0. The van der Waals surface area contributed by atoms with Crippen molar-refractivity contribution in [1.29, 1.82) is 0 Å². The second kappa shape index (κ2) is 5.27. The molecule has 0 radical (unpaired) electrons. The number of sulfonamides is 1. The molecule has 1 aromatic carbocycles. The molecule has 0 aromatic heterocycles. The molecule has 0 spiro atoms. The van der Waals surface area contributed by atoms with Crippen LogP contribution in [0.25, 0.3) is 0 Å². The Morgan fingerprint density at radius 2 is 2.00 bits per heavy atom. The van der Waals surface area contributed by atoms with Crippen molar-refractivity contribution in [2.24, 2.45) is 0 Å². The summed E-state index contributed by atoms with van der Waals surface area (Å²) in [5.74, 6) is 0.443. The van der Waals surface area contributed by atoms with Gasteiger partial charge in [0.2, 0.25) is 10.0 Å². The third-order valence-corrected chi connectivity index (χ3v) is 4.56. The van der Waals surface area contributed by atoms with E-state index in [-0.39, 0.29) is 5.75 Å². The summed E-state index contributed by atoms with van der Waals surface area (Å²) in [6, 6.07) is 5.80. The van der Waals surface area contributed by atoms with Crippen LogP contribution in [-0.4, -0.2) is 20.1 Å². The van der Waals surface area contributed by atoms with Gasteiger partial charge in [-0.15, -0.1) is 11.6 Å². The Bertz CT molecular complexity index is 499. The molecule has 0 bridgehead atoms. The first kappa shape index (κ1) is 12.7. The van der Waals surface area contributed by atoms with E-state index in [0.717, 1.165) is 19.3 Å². The lowest BCUT2D eigenvalue weighted by molar-refractivity contribution is 0.600. The molecular weight excluding hydrogens is 258 g/mol. The van der Waals surface area contributed by atoms with Gasteiger partial charge < -0.3 is 0 Å². The molecule has 0 heterocycles. The number of rotatable bonds is 5. The highest BCUT2D eigenvalue weighted by atomic mass is 35.5. The monoisotopic (exact) mass is 273 g/mol. The normalized spacial score (nSPS) is 14.6. The highest BCUT2D eigenvalue weighted by Gasteiger charge is 2.14. The molecule has 2 rings (SSSR count). The minimum atomic E-state index is -3.25. The highest BCUT2D eigenvalue weighted by molar-refractivity contribution is 7.92. The van der Waals surface area contributed by atoms with Gasteiger partial charge in [0, 0.05) is 11.6 Å². The molecule has 3 nitrogen and oxygen atoms in total. The smallest absolute Gasteiger partial charge is 0.232 e. The van der Waals surface area contributed by atoms with E-state index < -0.39 is 10.0 Å². The molecule has 1 aliphatic carbocycles. The fraction of sp³-hybridized carbons (Fsp3) is 0.500. The predicted octanol–water partition coefficient (Wildman–Crippen LogP) is 2.55. The Kier molecular flexibility index (Phi) is 3.94. The lowest BCUT2D eigenvalue weighted by Gasteiger charge is -2.09. The molecule has 5 heteroatoms. The molecule has 1 aliphatic rings. The van der Waals surface area contributed by atoms with E-state index in [1.165, 1.54) is 11.1 Å². The van der Waals surface area contributed by atoms with E-state index in [1.54, 1.807) is 0 Å². The zero-order valence-corrected chi connectivity index (χ0v) is 11.1. The largest absolute Gasteiger partial charge is 0.284 e. The average Bonchev–Trinajstić information content (AvgIpc) is 2.73.